The highest BCUT2D eigenvalue weighted by atomic mass is 32.2. The molecule has 2 bridgehead atoms. The lowest BCUT2D eigenvalue weighted by molar-refractivity contribution is 0.0614. The Hall–Kier alpha value is -2.02. The molecule has 3 fully saturated rings. The summed E-state index contributed by atoms with van der Waals surface area (Å²) in [6.07, 6.45) is 5.75. The van der Waals surface area contributed by atoms with Crippen LogP contribution in [0.3, 0.4) is 0 Å². The topological polar surface area (TPSA) is 40.6 Å². The van der Waals surface area contributed by atoms with Crippen LogP contribution in [0.2, 0.25) is 0 Å². The molecule has 6 heteroatoms. The zero-order valence-corrected chi connectivity index (χ0v) is 17.8. The molecule has 0 aromatic heterocycles. The van der Waals surface area contributed by atoms with E-state index in [4.69, 9.17) is 0 Å². The van der Waals surface area contributed by atoms with E-state index in [1.807, 2.05) is 24.3 Å². The summed E-state index contributed by atoms with van der Waals surface area (Å²) in [4.78, 5) is 2.45. The molecule has 4 aliphatic heterocycles. The number of fused-ring (bicyclic) bond motifs is 4. The summed E-state index contributed by atoms with van der Waals surface area (Å²) in [5, 5.41) is 1.46. The van der Waals surface area contributed by atoms with Crippen LogP contribution in [0.15, 0.2) is 60.0 Å². The number of benzene rings is 2. The molecule has 4 nitrogen and oxygen atoms in total. The Kier molecular flexibility index (Phi) is 5.04. The van der Waals surface area contributed by atoms with Crippen LogP contribution in [-0.4, -0.2) is 43.8 Å². The number of hydrogen-bond donors (Lipinski definition) is 0. The monoisotopic (exact) mass is 426 g/mol. The van der Waals surface area contributed by atoms with Gasteiger partial charge in [0, 0.05) is 12.0 Å². The Morgan fingerprint density at radius 3 is 2.30 bits per heavy atom. The molecule has 4 aliphatic rings. The number of sulfonamides is 1. The van der Waals surface area contributed by atoms with Crippen LogP contribution in [0.5, 0.6) is 0 Å². The van der Waals surface area contributed by atoms with Crippen molar-refractivity contribution < 1.29 is 12.8 Å². The summed E-state index contributed by atoms with van der Waals surface area (Å²) in [7, 11) is -3.62. The van der Waals surface area contributed by atoms with Crippen molar-refractivity contribution in [3.63, 3.8) is 0 Å². The largest absolute Gasteiger partial charge is 0.303 e. The Morgan fingerprint density at radius 1 is 0.933 bits per heavy atom. The molecule has 30 heavy (non-hydrogen) atoms. The molecule has 0 N–H and O–H groups in total. The summed E-state index contributed by atoms with van der Waals surface area (Å²) in [6, 6.07) is 13.7. The molecule has 6 rings (SSSR count). The third kappa shape index (κ3) is 3.61. The average Bonchev–Trinajstić information content (AvgIpc) is 2.79. The van der Waals surface area contributed by atoms with Crippen LogP contribution < -0.4 is 0 Å². The minimum Gasteiger partial charge on any atom is -0.303 e. The molecule has 0 radical (unpaired) electrons. The molecule has 2 aromatic carbocycles. The smallest absolute Gasteiger partial charge is 0.236 e. The zero-order chi connectivity index (χ0) is 20.8. The van der Waals surface area contributed by atoms with Crippen LogP contribution in [-0.2, 0) is 16.4 Å². The average molecular weight is 427 g/mol. The van der Waals surface area contributed by atoms with Gasteiger partial charge in [-0.25, -0.2) is 12.8 Å². The number of halogens is 1. The van der Waals surface area contributed by atoms with Crippen LogP contribution in [0, 0.1) is 11.2 Å². The van der Waals surface area contributed by atoms with Crippen molar-refractivity contribution in [3.8, 4) is 0 Å². The van der Waals surface area contributed by atoms with Crippen molar-refractivity contribution >= 4 is 10.0 Å². The standard InChI is InChI=1S/C24H27FN2O2S/c25-21-7-5-20(6-8-21)23-22-4-2-1-3-19(22)9-14-27(23)30(28,29)18-13-24-10-15-26(16-11-24)17-12-24/h1-8,13,18,23H,9-12,14-17H2. The Balaban J connectivity index is 1.51. The second-order valence-electron chi connectivity index (χ2n) is 8.82. The molecule has 2 aromatic rings. The highest BCUT2D eigenvalue weighted by molar-refractivity contribution is 7.92. The predicted octanol–water partition coefficient (Wildman–Crippen LogP) is 4.10. The van der Waals surface area contributed by atoms with Gasteiger partial charge < -0.3 is 4.90 Å². The lowest BCUT2D eigenvalue weighted by Crippen LogP contribution is -2.47. The SMILES string of the molecule is O=S(=O)(C=CC12CCN(CC1)CC2)N1CCc2ccccc2C1c1ccc(F)cc1. The third-order valence-corrected chi connectivity index (χ3v) is 8.65. The number of hydrogen-bond acceptors (Lipinski definition) is 3. The van der Waals surface area contributed by atoms with Gasteiger partial charge in [0.05, 0.1) is 6.04 Å². The molecular formula is C24H27FN2O2S. The van der Waals surface area contributed by atoms with E-state index in [0.29, 0.717) is 13.0 Å². The molecule has 1 unspecified atom stereocenters. The highest BCUT2D eigenvalue weighted by Gasteiger charge is 2.39. The second-order valence-corrected chi connectivity index (χ2v) is 10.6. The Labute approximate surface area is 178 Å². The molecule has 3 saturated heterocycles. The maximum Gasteiger partial charge on any atom is 0.236 e. The summed E-state index contributed by atoms with van der Waals surface area (Å²) in [5.41, 5.74) is 2.95. The van der Waals surface area contributed by atoms with E-state index in [2.05, 4.69) is 11.0 Å². The van der Waals surface area contributed by atoms with E-state index in [1.165, 1.54) is 17.5 Å². The molecule has 0 saturated carbocycles. The first-order chi connectivity index (χ1) is 14.5. The van der Waals surface area contributed by atoms with E-state index < -0.39 is 16.1 Å². The minimum atomic E-state index is -3.62. The van der Waals surface area contributed by atoms with Gasteiger partial charge in [0.25, 0.3) is 0 Å². The van der Waals surface area contributed by atoms with Crippen LogP contribution in [0.4, 0.5) is 4.39 Å². The summed E-state index contributed by atoms with van der Waals surface area (Å²) in [5.74, 6) is -0.320. The Bertz CT molecular complexity index is 1040. The first-order valence-corrected chi connectivity index (χ1v) is 12.2. The molecular weight excluding hydrogens is 399 g/mol. The lowest BCUT2D eigenvalue weighted by Gasteiger charge is -2.47. The predicted molar refractivity (Wildman–Crippen MR) is 116 cm³/mol. The molecule has 158 valence electrons. The van der Waals surface area contributed by atoms with Crippen LogP contribution in [0.1, 0.15) is 42.0 Å². The van der Waals surface area contributed by atoms with Gasteiger partial charge in [0.2, 0.25) is 10.0 Å². The van der Waals surface area contributed by atoms with Crippen molar-refractivity contribution in [2.24, 2.45) is 5.41 Å². The van der Waals surface area contributed by atoms with Crippen molar-refractivity contribution in [3.05, 3.63) is 82.5 Å². The normalized spacial score (nSPS) is 29.2. The zero-order valence-electron chi connectivity index (χ0n) is 17.0. The molecule has 0 aliphatic carbocycles. The second kappa shape index (κ2) is 7.59. The fourth-order valence-corrected chi connectivity index (χ4v) is 6.71. The van der Waals surface area contributed by atoms with Crippen LogP contribution in [0.25, 0.3) is 0 Å². The quantitative estimate of drug-likeness (QED) is 0.739. The summed E-state index contributed by atoms with van der Waals surface area (Å²) < 4.78 is 42.2. The summed E-state index contributed by atoms with van der Waals surface area (Å²) in [6.45, 7) is 3.59. The van der Waals surface area contributed by atoms with Gasteiger partial charge >= 0.3 is 0 Å². The molecule has 0 amide bonds. The van der Waals surface area contributed by atoms with Crippen molar-refractivity contribution in [2.45, 2.75) is 31.7 Å². The van der Waals surface area contributed by atoms with Crippen LogP contribution >= 0.6 is 0 Å². The number of allylic oxidation sites excluding steroid dienone is 1. The fourth-order valence-electron chi connectivity index (χ4n) is 5.22. The summed E-state index contributed by atoms with van der Waals surface area (Å²) >= 11 is 0. The van der Waals surface area contributed by atoms with Crippen molar-refractivity contribution in [1.82, 2.24) is 9.21 Å². The van der Waals surface area contributed by atoms with Crippen molar-refractivity contribution in [1.29, 1.82) is 0 Å². The van der Waals surface area contributed by atoms with E-state index in [0.717, 1.165) is 55.6 Å². The third-order valence-electron chi connectivity index (χ3n) is 7.12. The van der Waals surface area contributed by atoms with Gasteiger partial charge in [-0.1, -0.05) is 42.5 Å². The number of nitrogens with zero attached hydrogens (tertiary/aromatic N) is 2. The van der Waals surface area contributed by atoms with E-state index in [9.17, 15) is 12.8 Å². The Morgan fingerprint density at radius 2 is 1.60 bits per heavy atom. The first-order valence-electron chi connectivity index (χ1n) is 10.7. The van der Waals surface area contributed by atoms with Gasteiger partial charge in [-0.05, 0) is 79.6 Å². The van der Waals surface area contributed by atoms with Gasteiger partial charge in [0.15, 0.2) is 0 Å². The van der Waals surface area contributed by atoms with Gasteiger partial charge in [-0.3, -0.25) is 0 Å². The molecule has 0 spiro atoms. The molecule has 1 atom stereocenters. The lowest BCUT2D eigenvalue weighted by atomic mass is 9.72. The number of rotatable bonds is 4. The van der Waals surface area contributed by atoms with Gasteiger partial charge in [0.1, 0.15) is 5.82 Å². The fraction of sp³-hybridized carbons (Fsp3) is 0.417. The number of piperidine rings is 3. The maximum absolute atomic E-state index is 13.5. The van der Waals surface area contributed by atoms with Gasteiger partial charge in [-0.2, -0.15) is 4.31 Å². The van der Waals surface area contributed by atoms with E-state index in [1.54, 1.807) is 16.4 Å². The van der Waals surface area contributed by atoms with Crippen molar-refractivity contribution in [2.75, 3.05) is 26.2 Å². The van der Waals surface area contributed by atoms with E-state index >= 15 is 0 Å². The minimum absolute atomic E-state index is 0.0148. The molecule has 4 heterocycles. The highest BCUT2D eigenvalue weighted by Crippen LogP contribution is 2.42. The maximum atomic E-state index is 13.5. The van der Waals surface area contributed by atoms with E-state index in [-0.39, 0.29) is 11.2 Å². The first kappa shape index (κ1) is 19.9. The van der Waals surface area contributed by atoms with Gasteiger partial charge in [-0.15, -0.1) is 0 Å².